The van der Waals surface area contributed by atoms with Crippen LogP contribution in [-0.2, 0) is 19.5 Å². The highest BCUT2D eigenvalue weighted by Crippen LogP contribution is 2.24. The van der Waals surface area contributed by atoms with Gasteiger partial charge in [0, 0.05) is 12.6 Å². The van der Waals surface area contributed by atoms with Crippen LogP contribution in [0.4, 0.5) is 0 Å². The van der Waals surface area contributed by atoms with Gasteiger partial charge < -0.3 is 4.74 Å². The monoisotopic (exact) mass is 328 g/mol. The van der Waals surface area contributed by atoms with Crippen LogP contribution >= 0.6 is 27.5 Å². The molecule has 0 bridgehead atoms. The zero-order valence-corrected chi connectivity index (χ0v) is 12.6. The van der Waals surface area contributed by atoms with Crippen LogP contribution in [0.2, 0.25) is 0 Å². The van der Waals surface area contributed by atoms with Gasteiger partial charge in [0.1, 0.15) is 12.4 Å². The number of aryl methyl sites for hydroxylation is 2. The highest BCUT2D eigenvalue weighted by atomic mass is 79.9. The summed E-state index contributed by atoms with van der Waals surface area (Å²) < 4.78 is 8.63. The van der Waals surface area contributed by atoms with Gasteiger partial charge in [-0.1, -0.05) is 18.2 Å². The van der Waals surface area contributed by atoms with Crippen molar-refractivity contribution in [1.82, 2.24) is 9.78 Å². The zero-order chi connectivity index (χ0) is 13.1. The van der Waals surface area contributed by atoms with Gasteiger partial charge in [0.15, 0.2) is 0 Å². The summed E-state index contributed by atoms with van der Waals surface area (Å²) in [6, 6.07) is 7.78. The van der Waals surface area contributed by atoms with Crippen LogP contribution in [-0.4, -0.2) is 9.78 Å². The lowest BCUT2D eigenvalue weighted by molar-refractivity contribution is 0.292. The molecule has 96 valence electrons. The molecule has 0 unspecified atom stereocenters. The molecule has 0 saturated carbocycles. The van der Waals surface area contributed by atoms with Crippen molar-refractivity contribution in [2.75, 3.05) is 0 Å². The fraction of sp³-hybridized carbons (Fsp3) is 0.308. The Labute approximate surface area is 120 Å². The summed E-state index contributed by atoms with van der Waals surface area (Å²) in [7, 11) is 1.91. The van der Waals surface area contributed by atoms with Gasteiger partial charge in [-0.2, -0.15) is 5.10 Å². The van der Waals surface area contributed by atoms with E-state index in [0.717, 1.165) is 27.2 Å². The predicted octanol–water partition coefficient (Wildman–Crippen LogP) is 3.81. The lowest BCUT2D eigenvalue weighted by Crippen LogP contribution is -2.04. The Morgan fingerprint density at radius 1 is 1.39 bits per heavy atom. The lowest BCUT2D eigenvalue weighted by Gasteiger charge is -2.10. The molecule has 0 N–H and O–H groups in total. The first-order chi connectivity index (χ1) is 8.63. The number of benzene rings is 1. The number of alkyl halides is 1. The van der Waals surface area contributed by atoms with Gasteiger partial charge >= 0.3 is 0 Å². The van der Waals surface area contributed by atoms with E-state index >= 15 is 0 Å². The summed E-state index contributed by atoms with van der Waals surface area (Å²) in [6.45, 7) is 2.42. The molecule has 5 heteroatoms. The van der Waals surface area contributed by atoms with Crippen LogP contribution in [0.1, 0.15) is 17.0 Å². The van der Waals surface area contributed by atoms with Gasteiger partial charge in [-0.25, -0.2) is 0 Å². The number of hydrogen-bond donors (Lipinski definition) is 0. The Kier molecular flexibility index (Phi) is 4.30. The van der Waals surface area contributed by atoms with Gasteiger partial charge in [0.2, 0.25) is 0 Å². The van der Waals surface area contributed by atoms with Crippen LogP contribution in [0.25, 0.3) is 0 Å². The predicted molar refractivity (Wildman–Crippen MR) is 76.0 cm³/mol. The van der Waals surface area contributed by atoms with E-state index in [1.165, 1.54) is 0 Å². The molecule has 0 aliphatic carbocycles. The van der Waals surface area contributed by atoms with Crippen molar-refractivity contribution in [2.45, 2.75) is 19.4 Å². The molecule has 2 rings (SSSR count). The molecular formula is C13H14BrClN2O. The van der Waals surface area contributed by atoms with E-state index in [1.54, 1.807) is 0 Å². The number of hydrogen-bond acceptors (Lipinski definition) is 2. The molecule has 2 aromatic rings. The Bertz CT molecular complexity index is 554. The molecule has 0 fully saturated rings. The van der Waals surface area contributed by atoms with Crippen LogP contribution in [0.15, 0.2) is 28.7 Å². The highest BCUT2D eigenvalue weighted by Gasteiger charge is 2.11. The second kappa shape index (κ2) is 5.76. The van der Waals surface area contributed by atoms with Gasteiger partial charge in [-0.15, -0.1) is 11.6 Å². The Morgan fingerprint density at radius 3 is 2.72 bits per heavy atom. The Balaban J connectivity index is 2.16. The Hall–Kier alpha value is -1.000. The van der Waals surface area contributed by atoms with E-state index in [4.69, 9.17) is 16.3 Å². The maximum Gasteiger partial charge on any atom is 0.131 e. The van der Waals surface area contributed by atoms with Gasteiger partial charge in [-0.3, -0.25) is 4.68 Å². The van der Waals surface area contributed by atoms with Gasteiger partial charge in [-0.05, 0) is 28.9 Å². The minimum Gasteiger partial charge on any atom is -0.487 e. The van der Waals surface area contributed by atoms with Crippen molar-refractivity contribution in [3.05, 3.63) is 45.7 Å². The molecule has 3 nitrogen and oxygen atoms in total. The standard InChI is InChI=1S/C13H14BrClN2O/c1-9-13(14)11(17(2)16-9)8-18-12-6-4-3-5-10(12)7-15/h3-6H,7-8H2,1-2H3. The summed E-state index contributed by atoms with van der Waals surface area (Å²) in [6.07, 6.45) is 0. The van der Waals surface area contributed by atoms with Crippen molar-refractivity contribution in [3.63, 3.8) is 0 Å². The first kappa shape index (κ1) is 13.4. The second-order valence-electron chi connectivity index (χ2n) is 4.00. The van der Waals surface area contributed by atoms with Crippen molar-refractivity contribution in [1.29, 1.82) is 0 Å². The van der Waals surface area contributed by atoms with E-state index in [9.17, 15) is 0 Å². The smallest absolute Gasteiger partial charge is 0.131 e. The first-order valence-corrected chi connectivity index (χ1v) is 6.91. The topological polar surface area (TPSA) is 27.1 Å². The average Bonchev–Trinajstić information content (AvgIpc) is 2.62. The molecule has 0 atom stereocenters. The van der Waals surface area contributed by atoms with Gasteiger partial charge in [0.05, 0.1) is 21.7 Å². The minimum atomic E-state index is 0.446. The van der Waals surface area contributed by atoms with Crippen molar-refractivity contribution in [2.24, 2.45) is 7.05 Å². The minimum absolute atomic E-state index is 0.446. The molecule has 0 saturated heterocycles. The van der Waals surface area contributed by atoms with Crippen molar-refractivity contribution < 1.29 is 4.74 Å². The quantitative estimate of drug-likeness (QED) is 0.798. The second-order valence-corrected chi connectivity index (χ2v) is 5.06. The molecule has 0 aliphatic rings. The zero-order valence-electron chi connectivity index (χ0n) is 10.3. The maximum absolute atomic E-state index is 5.87. The van der Waals surface area contributed by atoms with Crippen LogP contribution < -0.4 is 4.74 Å². The number of halogens is 2. The largest absolute Gasteiger partial charge is 0.487 e. The van der Waals surface area contributed by atoms with Gasteiger partial charge in [0.25, 0.3) is 0 Å². The lowest BCUT2D eigenvalue weighted by atomic mass is 10.2. The van der Waals surface area contributed by atoms with E-state index < -0.39 is 0 Å². The van der Waals surface area contributed by atoms with E-state index in [2.05, 4.69) is 21.0 Å². The summed E-state index contributed by atoms with van der Waals surface area (Å²) >= 11 is 9.39. The number of nitrogens with zero attached hydrogens (tertiary/aromatic N) is 2. The third kappa shape index (κ3) is 2.70. The fourth-order valence-corrected chi connectivity index (χ4v) is 2.41. The van der Waals surface area contributed by atoms with E-state index in [-0.39, 0.29) is 0 Å². The molecule has 1 heterocycles. The highest BCUT2D eigenvalue weighted by molar-refractivity contribution is 9.10. The average molecular weight is 330 g/mol. The molecule has 1 aromatic heterocycles. The maximum atomic E-state index is 5.87. The molecule has 1 aromatic carbocycles. The summed E-state index contributed by atoms with van der Waals surface area (Å²) in [5.74, 6) is 1.26. The third-order valence-electron chi connectivity index (χ3n) is 2.74. The number of para-hydroxylation sites is 1. The van der Waals surface area contributed by atoms with Crippen molar-refractivity contribution in [3.8, 4) is 5.75 Å². The van der Waals surface area contributed by atoms with Crippen LogP contribution in [0.5, 0.6) is 5.75 Å². The Morgan fingerprint density at radius 2 is 2.11 bits per heavy atom. The number of aromatic nitrogens is 2. The molecule has 0 amide bonds. The molecule has 0 spiro atoms. The normalized spacial score (nSPS) is 10.7. The first-order valence-electron chi connectivity index (χ1n) is 5.58. The van der Waals surface area contributed by atoms with Crippen LogP contribution in [0, 0.1) is 6.92 Å². The summed E-state index contributed by atoms with van der Waals surface area (Å²) in [4.78, 5) is 0. The van der Waals surface area contributed by atoms with Crippen molar-refractivity contribution >= 4 is 27.5 Å². The van der Waals surface area contributed by atoms with E-state index in [0.29, 0.717) is 12.5 Å². The third-order valence-corrected chi connectivity index (χ3v) is 4.06. The number of rotatable bonds is 4. The molecule has 0 radical (unpaired) electrons. The molecule has 18 heavy (non-hydrogen) atoms. The molecule has 0 aliphatic heterocycles. The van der Waals surface area contributed by atoms with Crippen LogP contribution in [0.3, 0.4) is 0 Å². The summed E-state index contributed by atoms with van der Waals surface area (Å²) in [5, 5.41) is 4.33. The SMILES string of the molecule is Cc1nn(C)c(COc2ccccc2CCl)c1Br. The number of ether oxygens (including phenoxy) is 1. The molecular weight excluding hydrogens is 316 g/mol. The summed E-state index contributed by atoms with van der Waals surface area (Å²) in [5.41, 5.74) is 2.97. The fourth-order valence-electron chi connectivity index (χ4n) is 1.74. The van der Waals surface area contributed by atoms with E-state index in [1.807, 2.05) is 42.9 Å².